The maximum atomic E-state index is 12.5. The molecule has 9 heteroatoms. The third kappa shape index (κ3) is 3.51. The zero-order chi connectivity index (χ0) is 18.2. The highest BCUT2D eigenvalue weighted by Gasteiger charge is 2.52. The summed E-state index contributed by atoms with van der Waals surface area (Å²) in [6.45, 7) is -0.125. The van der Waals surface area contributed by atoms with Gasteiger partial charge in [0.05, 0.1) is 6.10 Å². The van der Waals surface area contributed by atoms with E-state index in [0.29, 0.717) is 6.42 Å². The van der Waals surface area contributed by atoms with E-state index < -0.39 is 34.6 Å². The second kappa shape index (κ2) is 6.47. The number of aromatic amines is 1. The van der Waals surface area contributed by atoms with Crippen LogP contribution >= 0.6 is 0 Å². The van der Waals surface area contributed by atoms with Crippen molar-refractivity contribution in [2.45, 2.75) is 38.3 Å². The first kappa shape index (κ1) is 17.4. The van der Waals surface area contributed by atoms with Crippen molar-refractivity contribution in [1.82, 2.24) is 14.5 Å². The highest BCUT2D eigenvalue weighted by molar-refractivity contribution is 5.80. The van der Waals surface area contributed by atoms with Gasteiger partial charge in [0.1, 0.15) is 12.0 Å². The second-order valence-corrected chi connectivity index (χ2v) is 6.97. The Hall–Kier alpha value is -2.42. The van der Waals surface area contributed by atoms with E-state index in [0.717, 1.165) is 23.5 Å². The molecule has 1 saturated carbocycles. The van der Waals surface area contributed by atoms with Crippen LogP contribution in [0.3, 0.4) is 0 Å². The third-order valence-corrected chi connectivity index (χ3v) is 5.11. The molecule has 2 fully saturated rings. The summed E-state index contributed by atoms with van der Waals surface area (Å²) in [7, 11) is 0. The maximum Gasteiger partial charge on any atom is 0.328 e. The topological polar surface area (TPSA) is 133 Å². The standard InChI is InChI=1S/C16H21N3O6/c20-11-3-5-19(9-16(11,14(23)24)7-10-1-2-10)13(22)8-18-6-4-12(21)17-15(18)25/h4,6,10-11,20H,1-3,5,7-9H2,(H,23,24)(H,17,21,25)/t11-,16-/m1/s1. The third-order valence-electron chi connectivity index (χ3n) is 5.11. The second-order valence-electron chi connectivity index (χ2n) is 6.97. The number of aliphatic hydroxyl groups is 1. The Morgan fingerprint density at radius 2 is 2.00 bits per heavy atom. The molecular weight excluding hydrogens is 330 g/mol. The van der Waals surface area contributed by atoms with Crippen molar-refractivity contribution in [3.63, 3.8) is 0 Å². The van der Waals surface area contributed by atoms with Gasteiger partial charge >= 0.3 is 11.7 Å². The average Bonchev–Trinajstić information content (AvgIpc) is 3.36. The number of carboxylic acids is 1. The number of aromatic nitrogens is 2. The fourth-order valence-electron chi connectivity index (χ4n) is 3.44. The van der Waals surface area contributed by atoms with Crippen molar-refractivity contribution >= 4 is 11.9 Å². The van der Waals surface area contributed by atoms with Gasteiger partial charge in [0.15, 0.2) is 0 Å². The van der Waals surface area contributed by atoms with Gasteiger partial charge in [-0.2, -0.15) is 0 Å². The summed E-state index contributed by atoms with van der Waals surface area (Å²) in [6.07, 6.45) is 2.67. The van der Waals surface area contributed by atoms with Gasteiger partial charge in [-0.1, -0.05) is 12.8 Å². The number of amides is 1. The Labute approximate surface area is 142 Å². The van der Waals surface area contributed by atoms with Crippen LogP contribution in [0.4, 0.5) is 0 Å². The van der Waals surface area contributed by atoms with Gasteiger partial charge in [-0.05, 0) is 18.8 Å². The Morgan fingerprint density at radius 3 is 2.60 bits per heavy atom. The lowest BCUT2D eigenvalue weighted by Crippen LogP contribution is -2.58. The molecule has 0 unspecified atom stereocenters. The largest absolute Gasteiger partial charge is 0.481 e. The molecule has 9 nitrogen and oxygen atoms in total. The quantitative estimate of drug-likeness (QED) is 0.623. The first-order valence-electron chi connectivity index (χ1n) is 8.31. The van der Waals surface area contributed by atoms with Gasteiger partial charge in [0, 0.05) is 25.4 Å². The minimum Gasteiger partial charge on any atom is -0.481 e. The van der Waals surface area contributed by atoms with Crippen LogP contribution in [-0.4, -0.2) is 55.7 Å². The lowest BCUT2D eigenvalue weighted by molar-refractivity contribution is -0.167. The van der Waals surface area contributed by atoms with Crippen molar-refractivity contribution in [3.05, 3.63) is 33.1 Å². The van der Waals surface area contributed by atoms with Crippen molar-refractivity contribution < 1.29 is 19.8 Å². The summed E-state index contributed by atoms with van der Waals surface area (Å²) in [4.78, 5) is 50.6. The van der Waals surface area contributed by atoms with Crippen LogP contribution in [0, 0.1) is 11.3 Å². The van der Waals surface area contributed by atoms with Gasteiger partial charge in [-0.15, -0.1) is 0 Å². The first-order chi connectivity index (χ1) is 11.8. The van der Waals surface area contributed by atoms with E-state index >= 15 is 0 Å². The number of hydrogen-bond acceptors (Lipinski definition) is 5. The summed E-state index contributed by atoms with van der Waals surface area (Å²) in [6, 6.07) is 1.14. The number of likely N-dealkylation sites (tertiary alicyclic amines) is 1. The molecule has 2 aliphatic rings. The van der Waals surface area contributed by atoms with Gasteiger partial charge in [0.25, 0.3) is 5.56 Å². The molecule has 1 aliphatic heterocycles. The van der Waals surface area contributed by atoms with E-state index in [9.17, 15) is 29.4 Å². The molecule has 0 spiro atoms. The molecule has 136 valence electrons. The van der Waals surface area contributed by atoms with Crippen molar-refractivity contribution in [2.75, 3.05) is 13.1 Å². The molecule has 2 atom stereocenters. The number of hydrogen-bond donors (Lipinski definition) is 3. The van der Waals surface area contributed by atoms with Gasteiger partial charge in [-0.3, -0.25) is 23.9 Å². The number of nitrogens with zero attached hydrogens (tertiary/aromatic N) is 2. The van der Waals surface area contributed by atoms with E-state index in [1.807, 2.05) is 0 Å². The van der Waals surface area contributed by atoms with E-state index in [1.165, 1.54) is 11.1 Å². The van der Waals surface area contributed by atoms with Crippen molar-refractivity contribution in [1.29, 1.82) is 0 Å². The van der Waals surface area contributed by atoms with Crippen molar-refractivity contribution in [3.8, 4) is 0 Å². The molecular formula is C16H21N3O6. The van der Waals surface area contributed by atoms with Crippen molar-refractivity contribution in [2.24, 2.45) is 11.3 Å². The number of aliphatic hydroxyl groups excluding tert-OH is 1. The van der Waals surface area contributed by atoms with Crippen LogP contribution in [0.2, 0.25) is 0 Å². The summed E-state index contributed by atoms with van der Waals surface area (Å²) >= 11 is 0. The number of rotatable bonds is 5. The molecule has 1 aliphatic carbocycles. The van der Waals surface area contributed by atoms with Crippen LogP contribution in [0.25, 0.3) is 0 Å². The lowest BCUT2D eigenvalue weighted by Gasteiger charge is -2.43. The molecule has 1 aromatic heterocycles. The Balaban J connectivity index is 1.77. The van der Waals surface area contributed by atoms with Crippen LogP contribution in [0.1, 0.15) is 25.7 Å². The van der Waals surface area contributed by atoms with E-state index in [1.54, 1.807) is 0 Å². The van der Waals surface area contributed by atoms with E-state index in [-0.39, 0.29) is 32.0 Å². The predicted octanol–water partition coefficient (Wildman–Crippen LogP) is -0.999. The molecule has 0 aromatic carbocycles. The molecule has 1 aromatic rings. The number of carbonyl (C=O) groups is 2. The van der Waals surface area contributed by atoms with Crippen LogP contribution < -0.4 is 11.2 Å². The lowest BCUT2D eigenvalue weighted by atomic mass is 9.73. The van der Waals surface area contributed by atoms with Crippen LogP contribution in [-0.2, 0) is 16.1 Å². The van der Waals surface area contributed by atoms with E-state index in [2.05, 4.69) is 4.98 Å². The molecule has 2 heterocycles. The fourth-order valence-corrected chi connectivity index (χ4v) is 3.44. The highest BCUT2D eigenvalue weighted by Crippen LogP contribution is 2.45. The summed E-state index contributed by atoms with van der Waals surface area (Å²) < 4.78 is 1.07. The monoisotopic (exact) mass is 351 g/mol. The number of H-pyrrole nitrogens is 1. The Morgan fingerprint density at radius 1 is 1.28 bits per heavy atom. The Bertz CT molecular complexity index is 796. The molecule has 1 amide bonds. The summed E-state index contributed by atoms with van der Waals surface area (Å²) in [5.74, 6) is -1.23. The number of carboxylic acid groups (broad SMARTS) is 1. The molecule has 25 heavy (non-hydrogen) atoms. The highest BCUT2D eigenvalue weighted by atomic mass is 16.4. The zero-order valence-electron chi connectivity index (χ0n) is 13.7. The number of piperidine rings is 1. The molecule has 0 radical (unpaired) electrons. The van der Waals surface area contributed by atoms with Crippen LogP contribution in [0.5, 0.6) is 0 Å². The number of nitrogens with one attached hydrogen (secondary N) is 1. The predicted molar refractivity (Wildman–Crippen MR) is 85.9 cm³/mol. The maximum absolute atomic E-state index is 12.5. The number of carbonyl (C=O) groups excluding carboxylic acids is 1. The first-order valence-corrected chi connectivity index (χ1v) is 8.31. The summed E-state index contributed by atoms with van der Waals surface area (Å²) in [5, 5.41) is 20.0. The van der Waals surface area contributed by atoms with Gasteiger partial charge < -0.3 is 15.1 Å². The smallest absolute Gasteiger partial charge is 0.328 e. The normalized spacial score (nSPS) is 26.4. The van der Waals surface area contributed by atoms with E-state index in [4.69, 9.17) is 0 Å². The minimum atomic E-state index is -1.36. The minimum absolute atomic E-state index is 0.0725. The molecule has 1 saturated heterocycles. The van der Waals surface area contributed by atoms with Crippen LogP contribution in [0.15, 0.2) is 21.9 Å². The van der Waals surface area contributed by atoms with Gasteiger partial charge in [0.2, 0.25) is 5.91 Å². The number of aliphatic carboxylic acids is 1. The SMILES string of the molecule is O=C(Cn1ccc(=O)[nH]c1=O)N1CC[C@@H](O)[C@](CC2CC2)(C(=O)O)C1. The molecule has 3 N–H and O–H groups in total. The fraction of sp³-hybridized carbons (Fsp3) is 0.625. The van der Waals surface area contributed by atoms with Gasteiger partial charge in [-0.25, -0.2) is 4.79 Å². The molecule has 0 bridgehead atoms. The molecule has 3 rings (SSSR count). The zero-order valence-corrected chi connectivity index (χ0v) is 13.7. The average molecular weight is 351 g/mol. The Kier molecular flexibility index (Phi) is 4.51. The summed E-state index contributed by atoms with van der Waals surface area (Å²) in [5.41, 5.74) is -2.60.